The molecular formula is C6H15O15P3. The third kappa shape index (κ3) is 6.50. The Kier molecular flexibility index (Phi) is 6.90. The van der Waals surface area contributed by atoms with Gasteiger partial charge in [0.1, 0.15) is 36.6 Å². The van der Waals surface area contributed by atoms with E-state index in [9.17, 15) is 29.0 Å². The Labute approximate surface area is 133 Å². The van der Waals surface area contributed by atoms with Gasteiger partial charge in [-0.3, -0.25) is 13.6 Å². The molecular weight excluding hydrogens is 405 g/mol. The van der Waals surface area contributed by atoms with Crippen molar-refractivity contribution >= 4 is 23.5 Å². The molecule has 1 saturated carbocycles. The molecule has 0 amide bonds. The van der Waals surface area contributed by atoms with Gasteiger partial charge in [0.2, 0.25) is 0 Å². The van der Waals surface area contributed by atoms with Crippen LogP contribution in [0.3, 0.4) is 0 Å². The van der Waals surface area contributed by atoms with Crippen LogP contribution >= 0.6 is 23.5 Å². The monoisotopic (exact) mass is 420 g/mol. The minimum atomic E-state index is -5.43. The van der Waals surface area contributed by atoms with Crippen molar-refractivity contribution in [3.63, 3.8) is 0 Å². The van der Waals surface area contributed by atoms with Crippen molar-refractivity contribution in [1.82, 2.24) is 0 Å². The average molecular weight is 420 g/mol. The molecule has 0 bridgehead atoms. The molecule has 0 heterocycles. The van der Waals surface area contributed by atoms with E-state index >= 15 is 0 Å². The van der Waals surface area contributed by atoms with Crippen LogP contribution in [0.25, 0.3) is 0 Å². The maximum Gasteiger partial charge on any atom is 0.470 e. The molecule has 0 aromatic heterocycles. The molecule has 0 aromatic rings. The summed E-state index contributed by atoms with van der Waals surface area (Å²) in [6.45, 7) is 0. The fourth-order valence-electron chi connectivity index (χ4n) is 2.01. The lowest BCUT2D eigenvalue weighted by Gasteiger charge is -2.44. The third-order valence-corrected chi connectivity index (χ3v) is 4.35. The second kappa shape index (κ2) is 7.45. The lowest BCUT2D eigenvalue weighted by Crippen LogP contribution is -2.65. The summed E-state index contributed by atoms with van der Waals surface area (Å²) in [5, 5.41) is 29.3. The highest BCUT2D eigenvalue weighted by molar-refractivity contribution is 7.46. The van der Waals surface area contributed by atoms with Crippen LogP contribution in [0, 0.1) is 0 Å². The topological polar surface area (TPSA) is 261 Å². The largest absolute Gasteiger partial charge is 0.470 e. The molecule has 0 aromatic carbocycles. The van der Waals surface area contributed by atoms with Crippen molar-refractivity contribution in [3.05, 3.63) is 0 Å². The highest BCUT2D eigenvalue weighted by Crippen LogP contribution is 2.49. The molecule has 1 fully saturated rings. The summed E-state index contributed by atoms with van der Waals surface area (Å²) in [6, 6.07) is 0. The molecule has 1 aliphatic carbocycles. The number of hydrogen-bond donors (Lipinski definition) is 9. The van der Waals surface area contributed by atoms with Crippen LogP contribution in [0.4, 0.5) is 0 Å². The molecule has 18 heteroatoms. The van der Waals surface area contributed by atoms with Crippen LogP contribution in [-0.4, -0.2) is 81.3 Å². The first kappa shape index (κ1) is 22.3. The van der Waals surface area contributed by atoms with E-state index < -0.39 is 60.1 Å². The van der Waals surface area contributed by atoms with Gasteiger partial charge in [-0.2, -0.15) is 0 Å². The van der Waals surface area contributed by atoms with Crippen molar-refractivity contribution in [2.45, 2.75) is 36.6 Å². The summed E-state index contributed by atoms with van der Waals surface area (Å²) >= 11 is 0. The minimum Gasteiger partial charge on any atom is -0.387 e. The third-order valence-electron chi connectivity index (χ3n) is 2.80. The van der Waals surface area contributed by atoms with E-state index in [4.69, 9.17) is 29.4 Å². The highest BCUT2D eigenvalue weighted by atomic mass is 31.2. The number of rotatable bonds is 6. The predicted molar refractivity (Wildman–Crippen MR) is 68.8 cm³/mol. The predicted octanol–water partition coefficient (Wildman–Crippen LogP) is -3.48. The summed E-state index contributed by atoms with van der Waals surface area (Å²) in [4.78, 5) is 52.4. The molecule has 0 saturated heterocycles. The first-order chi connectivity index (χ1) is 10.5. The van der Waals surface area contributed by atoms with Crippen LogP contribution in [0.1, 0.15) is 0 Å². The SMILES string of the molecule is O=P(O)(O)OC1C(OP(=O)(O)O)[C@H](O)[C@@H](O)C(OP(=O)(O)O)[C@H]1O. The van der Waals surface area contributed by atoms with E-state index in [0.717, 1.165) is 0 Å². The Morgan fingerprint density at radius 1 is 0.500 bits per heavy atom. The standard InChI is InChI=1S/C6H15O15P3/c7-1-2(8)5(20-23(13,14)15)6(21-24(16,17)18)3(9)4(1)19-22(10,11)12/h1-9H,(H2,10,11,12)(H2,13,14,15)(H2,16,17,18)/t1-,2-,3-,4?,5?,6?/m1/s1. The van der Waals surface area contributed by atoms with Crippen LogP contribution in [0.5, 0.6) is 0 Å². The van der Waals surface area contributed by atoms with Gasteiger partial charge in [0.15, 0.2) is 0 Å². The van der Waals surface area contributed by atoms with Gasteiger partial charge in [-0.1, -0.05) is 0 Å². The number of aliphatic hydroxyl groups is 3. The average Bonchev–Trinajstić information content (AvgIpc) is 2.32. The molecule has 144 valence electrons. The fraction of sp³-hybridized carbons (Fsp3) is 1.00. The molecule has 0 aliphatic heterocycles. The maximum atomic E-state index is 10.9. The Bertz CT molecular complexity index is 574. The quantitative estimate of drug-likeness (QED) is 0.189. The van der Waals surface area contributed by atoms with E-state index in [0.29, 0.717) is 0 Å². The lowest BCUT2D eigenvalue weighted by molar-refractivity contribution is -0.212. The summed E-state index contributed by atoms with van der Waals surface area (Å²) in [5.74, 6) is 0. The fourth-order valence-corrected chi connectivity index (χ4v) is 3.70. The molecule has 0 spiro atoms. The van der Waals surface area contributed by atoms with Gasteiger partial charge in [-0.15, -0.1) is 0 Å². The smallest absolute Gasteiger partial charge is 0.387 e. The van der Waals surface area contributed by atoms with Crippen LogP contribution < -0.4 is 0 Å². The van der Waals surface area contributed by atoms with E-state index in [2.05, 4.69) is 13.6 Å². The van der Waals surface area contributed by atoms with Gasteiger partial charge in [-0.05, 0) is 0 Å². The summed E-state index contributed by atoms with van der Waals surface area (Å²) in [6.07, 6.45) is -14.3. The van der Waals surface area contributed by atoms with Crippen molar-refractivity contribution < 1.29 is 71.9 Å². The summed E-state index contributed by atoms with van der Waals surface area (Å²) in [5.41, 5.74) is 0. The van der Waals surface area contributed by atoms with E-state index in [-0.39, 0.29) is 0 Å². The summed E-state index contributed by atoms with van der Waals surface area (Å²) < 4.78 is 44.7. The first-order valence-corrected chi connectivity index (χ1v) is 10.4. The molecule has 15 nitrogen and oxygen atoms in total. The normalized spacial score (nSPS) is 35.9. The van der Waals surface area contributed by atoms with Crippen LogP contribution in [0.2, 0.25) is 0 Å². The molecule has 1 rings (SSSR count). The second-order valence-corrected chi connectivity index (χ2v) is 8.23. The molecule has 0 radical (unpaired) electrons. The van der Waals surface area contributed by atoms with Gasteiger partial charge in [0.25, 0.3) is 0 Å². The Morgan fingerprint density at radius 3 is 1.08 bits per heavy atom. The van der Waals surface area contributed by atoms with Gasteiger partial charge in [0, 0.05) is 0 Å². The maximum absolute atomic E-state index is 10.9. The Hall–Kier alpha value is 0.210. The van der Waals surface area contributed by atoms with E-state index in [1.807, 2.05) is 0 Å². The Balaban J connectivity index is 3.23. The number of phosphoric acid groups is 3. The van der Waals surface area contributed by atoms with Gasteiger partial charge < -0.3 is 44.7 Å². The summed E-state index contributed by atoms with van der Waals surface area (Å²) in [7, 11) is -16.2. The molecule has 24 heavy (non-hydrogen) atoms. The molecule has 9 N–H and O–H groups in total. The van der Waals surface area contributed by atoms with Gasteiger partial charge in [-0.25, -0.2) is 13.7 Å². The minimum absolute atomic E-state index is 2.32. The van der Waals surface area contributed by atoms with Crippen LogP contribution in [-0.2, 0) is 27.3 Å². The van der Waals surface area contributed by atoms with Crippen molar-refractivity contribution in [3.8, 4) is 0 Å². The number of phosphoric ester groups is 3. The zero-order chi connectivity index (χ0) is 19.1. The van der Waals surface area contributed by atoms with Gasteiger partial charge >= 0.3 is 23.5 Å². The number of hydrogen-bond acceptors (Lipinski definition) is 9. The zero-order valence-corrected chi connectivity index (χ0v) is 14.0. The lowest BCUT2D eigenvalue weighted by atomic mass is 9.85. The zero-order valence-electron chi connectivity index (χ0n) is 11.3. The molecule has 3 unspecified atom stereocenters. The van der Waals surface area contributed by atoms with Crippen molar-refractivity contribution in [2.75, 3.05) is 0 Å². The number of aliphatic hydroxyl groups excluding tert-OH is 3. The van der Waals surface area contributed by atoms with Crippen molar-refractivity contribution in [2.24, 2.45) is 0 Å². The molecule has 6 atom stereocenters. The second-order valence-electron chi connectivity index (χ2n) is 4.65. The highest BCUT2D eigenvalue weighted by Gasteiger charge is 2.56. The van der Waals surface area contributed by atoms with Crippen LogP contribution in [0.15, 0.2) is 0 Å². The van der Waals surface area contributed by atoms with Gasteiger partial charge in [0.05, 0.1) is 0 Å². The van der Waals surface area contributed by atoms with E-state index in [1.54, 1.807) is 0 Å². The molecule has 1 aliphatic rings. The van der Waals surface area contributed by atoms with E-state index in [1.165, 1.54) is 0 Å². The van der Waals surface area contributed by atoms with Crippen molar-refractivity contribution in [1.29, 1.82) is 0 Å². The Morgan fingerprint density at radius 2 is 0.750 bits per heavy atom. The first-order valence-electron chi connectivity index (χ1n) is 5.78.